The van der Waals surface area contributed by atoms with Gasteiger partial charge in [0, 0.05) is 0 Å². The van der Waals surface area contributed by atoms with E-state index >= 15 is 0 Å². The second-order valence-electron chi connectivity index (χ2n) is 2.80. The maximum absolute atomic E-state index is 10.5. The quantitative estimate of drug-likeness (QED) is 0.757. The molecule has 0 aliphatic carbocycles. The van der Waals surface area contributed by atoms with E-state index in [1.165, 1.54) is 0 Å². The number of hydrogen-bond acceptors (Lipinski definition) is 2. The molecule has 0 fully saturated rings. The predicted octanol–water partition coefficient (Wildman–Crippen LogP) is 1.09. The molecule has 0 bridgehead atoms. The number of carbonyl (C=O) groups is 1. The first-order valence-corrected chi connectivity index (χ1v) is 4.91. The van der Waals surface area contributed by atoms with Crippen LogP contribution in [0.2, 0.25) is 0 Å². The van der Waals surface area contributed by atoms with Crippen molar-refractivity contribution in [2.45, 2.75) is 12.8 Å². The molecule has 3 nitrogen and oxygen atoms in total. The van der Waals surface area contributed by atoms with Gasteiger partial charge < -0.3 is 5.11 Å². The van der Waals surface area contributed by atoms with Gasteiger partial charge in [0.2, 0.25) is 0 Å². The summed E-state index contributed by atoms with van der Waals surface area (Å²) < 4.78 is 10.4. The van der Waals surface area contributed by atoms with Crippen LogP contribution in [-0.2, 0) is 22.5 Å². The molecule has 0 saturated carbocycles. The van der Waals surface area contributed by atoms with Gasteiger partial charge in [-0.2, -0.15) is 0 Å². The van der Waals surface area contributed by atoms with Crippen LogP contribution in [0.3, 0.4) is 0 Å². The molecule has 74 valence electrons. The monoisotopic (exact) mass is 210 g/mol. The molecular weight excluding hydrogens is 200 g/mol. The molecule has 0 amide bonds. The van der Waals surface area contributed by atoms with Crippen LogP contribution in [0.4, 0.5) is 0 Å². The molecule has 1 aromatic carbocycles. The Labute approximate surface area is 85.5 Å². The Morgan fingerprint density at radius 3 is 2.43 bits per heavy atom. The van der Waals surface area contributed by atoms with E-state index in [2.05, 4.69) is 0 Å². The molecule has 1 aromatic rings. The van der Waals surface area contributed by atoms with Gasteiger partial charge in [-0.15, -0.1) is 0 Å². The highest BCUT2D eigenvalue weighted by Crippen LogP contribution is 2.02. The summed E-state index contributed by atoms with van der Waals surface area (Å²) in [5.74, 6) is -1.11. The largest absolute Gasteiger partial charge is 0.477 e. The fraction of sp³-hybridized carbons (Fsp3) is 0.200. The van der Waals surface area contributed by atoms with Crippen LogP contribution < -0.4 is 0 Å². The number of aryl methyl sites for hydroxylation is 1. The Bertz CT molecular complexity index is 366. The van der Waals surface area contributed by atoms with Crippen LogP contribution in [0.25, 0.3) is 0 Å². The number of aliphatic carboxylic acids is 1. The zero-order valence-corrected chi connectivity index (χ0v) is 8.29. The van der Waals surface area contributed by atoms with Crippen molar-refractivity contribution in [2.24, 2.45) is 0 Å². The minimum absolute atomic E-state index is 0.0335. The summed E-state index contributed by atoms with van der Waals surface area (Å²) in [6.45, 7) is 0. The first-order valence-electron chi connectivity index (χ1n) is 4.17. The van der Waals surface area contributed by atoms with Gasteiger partial charge in [-0.25, -0.2) is 9.00 Å². The smallest absolute Gasteiger partial charge is 0.344 e. The Balaban J connectivity index is 2.57. The lowest BCUT2D eigenvalue weighted by atomic mass is 10.1. The molecule has 0 saturated heterocycles. The maximum Gasteiger partial charge on any atom is 0.344 e. The highest BCUT2D eigenvalue weighted by Gasteiger charge is 2.07. The second kappa shape index (κ2) is 5.34. The van der Waals surface area contributed by atoms with E-state index in [0.29, 0.717) is 12.8 Å². The first-order chi connectivity index (χ1) is 6.74. The van der Waals surface area contributed by atoms with E-state index < -0.39 is 5.97 Å². The van der Waals surface area contributed by atoms with E-state index in [4.69, 9.17) is 5.11 Å². The average molecular weight is 210 g/mol. The molecule has 4 heteroatoms. The lowest BCUT2D eigenvalue weighted by molar-refractivity contribution is -0.129. The van der Waals surface area contributed by atoms with Crippen molar-refractivity contribution in [3.05, 3.63) is 35.9 Å². The molecule has 0 heterocycles. The highest BCUT2D eigenvalue weighted by molar-refractivity contribution is 7.68. The lowest BCUT2D eigenvalue weighted by Crippen LogP contribution is -2.13. The third-order valence-electron chi connectivity index (χ3n) is 1.82. The molecule has 0 spiro atoms. The van der Waals surface area contributed by atoms with Crippen molar-refractivity contribution in [3.63, 3.8) is 0 Å². The molecule has 0 aliphatic heterocycles. The number of carboxylic acid groups (broad SMARTS) is 1. The van der Waals surface area contributed by atoms with Gasteiger partial charge in [-0.3, -0.25) is 0 Å². The van der Waals surface area contributed by atoms with Gasteiger partial charge in [-0.1, -0.05) is 30.3 Å². The van der Waals surface area contributed by atoms with Crippen LogP contribution in [0.1, 0.15) is 12.0 Å². The zero-order chi connectivity index (χ0) is 10.4. The fourth-order valence-electron chi connectivity index (χ4n) is 1.09. The van der Waals surface area contributed by atoms with Crippen LogP contribution in [0.15, 0.2) is 30.3 Å². The van der Waals surface area contributed by atoms with Gasteiger partial charge in [0.15, 0.2) is 0 Å². The van der Waals surface area contributed by atoms with E-state index in [1.807, 2.05) is 30.3 Å². The van der Waals surface area contributed by atoms with Crippen molar-refractivity contribution < 1.29 is 14.1 Å². The number of rotatable bonds is 4. The van der Waals surface area contributed by atoms with Gasteiger partial charge in [-0.05, 0) is 18.4 Å². The van der Waals surface area contributed by atoms with Crippen molar-refractivity contribution >= 4 is 22.1 Å². The summed E-state index contributed by atoms with van der Waals surface area (Å²) in [6, 6.07) is 9.50. The van der Waals surface area contributed by atoms with Gasteiger partial charge in [0.1, 0.15) is 4.86 Å². The summed E-state index contributed by atoms with van der Waals surface area (Å²) >= 11 is 0.0644. The second-order valence-corrected chi connectivity index (χ2v) is 3.46. The SMILES string of the molecule is O=S=C(CCc1ccccc1)C(=O)O. The van der Waals surface area contributed by atoms with Gasteiger partial charge >= 0.3 is 5.97 Å². The van der Waals surface area contributed by atoms with Crippen molar-refractivity contribution in [3.8, 4) is 0 Å². The molecule has 0 atom stereocenters. The molecule has 1 rings (SSSR count). The molecular formula is C10H10O3S. The van der Waals surface area contributed by atoms with Crippen molar-refractivity contribution in [1.29, 1.82) is 0 Å². The minimum atomic E-state index is -1.11. The first kappa shape index (κ1) is 10.7. The third-order valence-corrected chi connectivity index (χ3v) is 2.40. The lowest BCUT2D eigenvalue weighted by Gasteiger charge is -1.98. The van der Waals surface area contributed by atoms with Crippen molar-refractivity contribution in [2.75, 3.05) is 0 Å². The van der Waals surface area contributed by atoms with E-state index in [0.717, 1.165) is 5.56 Å². The third kappa shape index (κ3) is 3.14. The van der Waals surface area contributed by atoms with Gasteiger partial charge in [0.05, 0.1) is 11.3 Å². The minimum Gasteiger partial charge on any atom is -0.477 e. The summed E-state index contributed by atoms with van der Waals surface area (Å²) in [7, 11) is 0. The Kier molecular flexibility index (Phi) is 4.07. The predicted molar refractivity (Wildman–Crippen MR) is 55.5 cm³/mol. The standard InChI is InChI=1S/C10H10O3S/c11-10(12)9(14-13)7-6-8-4-2-1-3-5-8/h1-5H,6-7H2,(H,11,12). The molecule has 0 aromatic heterocycles. The van der Waals surface area contributed by atoms with Crippen LogP contribution in [0, 0.1) is 0 Å². The topological polar surface area (TPSA) is 54.4 Å². The molecule has 1 N–H and O–H groups in total. The normalized spacial score (nSPS) is 9.43. The summed E-state index contributed by atoms with van der Waals surface area (Å²) in [5.41, 5.74) is 1.04. The van der Waals surface area contributed by atoms with E-state index in [9.17, 15) is 9.00 Å². The van der Waals surface area contributed by atoms with Crippen molar-refractivity contribution in [1.82, 2.24) is 0 Å². The summed E-state index contributed by atoms with van der Waals surface area (Å²) in [4.78, 5) is 10.5. The average Bonchev–Trinajstić information content (AvgIpc) is 2.20. The Morgan fingerprint density at radius 2 is 1.93 bits per heavy atom. The summed E-state index contributed by atoms with van der Waals surface area (Å²) in [6.07, 6.45) is 0.894. The van der Waals surface area contributed by atoms with E-state index in [1.54, 1.807) is 0 Å². The molecule has 0 unspecified atom stereocenters. The Hall–Kier alpha value is -1.42. The molecule has 14 heavy (non-hydrogen) atoms. The summed E-state index contributed by atoms with van der Waals surface area (Å²) in [5, 5.41) is 8.59. The van der Waals surface area contributed by atoms with Crippen LogP contribution >= 0.6 is 0 Å². The Morgan fingerprint density at radius 1 is 1.29 bits per heavy atom. The maximum atomic E-state index is 10.5. The zero-order valence-electron chi connectivity index (χ0n) is 7.47. The van der Waals surface area contributed by atoms with Crippen LogP contribution in [0.5, 0.6) is 0 Å². The number of carboxylic acids is 1. The number of hydrogen-bond donors (Lipinski definition) is 1. The highest BCUT2D eigenvalue weighted by atomic mass is 32.1. The number of benzene rings is 1. The fourth-order valence-corrected chi connectivity index (χ4v) is 1.34. The van der Waals surface area contributed by atoms with E-state index in [-0.39, 0.29) is 16.1 Å². The van der Waals surface area contributed by atoms with Gasteiger partial charge in [0.25, 0.3) is 0 Å². The molecule has 0 radical (unpaired) electrons. The van der Waals surface area contributed by atoms with Crippen LogP contribution in [-0.4, -0.2) is 20.1 Å². The molecule has 0 aliphatic rings.